The summed E-state index contributed by atoms with van der Waals surface area (Å²) < 4.78 is 7.16. The molecule has 102 valence electrons. The predicted molar refractivity (Wildman–Crippen MR) is 65.8 cm³/mol. The zero-order valence-electron chi connectivity index (χ0n) is 9.97. The summed E-state index contributed by atoms with van der Waals surface area (Å²) in [7, 11) is 0. The van der Waals surface area contributed by atoms with Gasteiger partial charge in [-0.1, -0.05) is 0 Å². The number of hydrogen-bond acceptors (Lipinski definition) is 8. The molecule has 3 atom stereocenters. The maximum atomic E-state index is 9.74. The Hall–Kier alpha value is -1.97. The first kappa shape index (κ1) is 12.1. The number of aliphatic hydroxyl groups excluding tert-OH is 2. The van der Waals surface area contributed by atoms with Gasteiger partial charge in [-0.3, -0.25) is 4.57 Å². The number of ether oxygens (including phenoxy) is 1. The van der Waals surface area contributed by atoms with Crippen molar-refractivity contribution in [2.75, 3.05) is 18.1 Å². The molecule has 9 heteroatoms. The predicted octanol–water partition coefficient (Wildman–Crippen LogP) is -1.37. The molecule has 3 rings (SSSR count). The van der Waals surface area contributed by atoms with Crippen LogP contribution in [0.5, 0.6) is 0 Å². The average Bonchev–Trinajstić information content (AvgIpc) is 2.92. The smallest absolute Gasteiger partial charge is 0.224 e. The summed E-state index contributed by atoms with van der Waals surface area (Å²) in [6.45, 7) is -0.246. The van der Waals surface area contributed by atoms with E-state index < -0.39 is 18.4 Å². The molecule has 3 heterocycles. The van der Waals surface area contributed by atoms with Gasteiger partial charge in [0.2, 0.25) is 5.95 Å². The Morgan fingerprint density at radius 2 is 2.21 bits per heavy atom. The van der Waals surface area contributed by atoms with E-state index in [2.05, 4.69) is 15.0 Å². The minimum absolute atomic E-state index is 0.0454. The maximum Gasteiger partial charge on any atom is 0.224 e. The zero-order valence-corrected chi connectivity index (χ0v) is 9.97. The van der Waals surface area contributed by atoms with Crippen molar-refractivity contribution in [3.63, 3.8) is 0 Å². The number of hydrogen-bond donors (Lipinski definition) is 4. The van der Waals surface area contributed by atoms with Gasteiger partial charge >= 0.3 is 0 Å². The van der Waals surface area contributed by atoms with Gasteiger partial charge in [0.05, 0.1) is 19.0 Å². The molecule has 1 aliphatic heterocycles. The van der Waals surface area contributed by atoms with Crippen LogP contribution in [0.2, 0.25) is 0 Å². The van der Waals surface area contributed by atoms with Crippen molar-refractivity contribution in [1.29, 1.82) is 0 Å². The van der Waals surface area contributed by atoms with Crippen LogP contribution in [0.1, 0.15) is 12.6 Å². The quantitative estimate of drug-likeness (QED) is 0.521. The number of fused-ring (bicyclic) bond motifs is 1. The van der Waals surface area contributed by atoms with Gasteiger partial charge in [-0.2, -0.15) is 9.97 Å². The first-order valence-corrected chi connectivity index (χ1v) is 5.80. The average molecular weight is 266 g/mol. The lowest BCUT2D eigenvalue weighted by Gasteiger charge is -2.13. The summed E-state index contributed by atoms with van der Waals surface area (Å²) in [6.07, 6.45) is 0.0288. The van der Waals surface area contributed by atoms with Crippen LogP contribution in [0.15, 0.2) is 6.33 Å². The van der Waals surface area contributed by atoms with Crippen LogP contribution in [0.4, 0.5) is 11.8 Å². The Kier molecular flexibility index (Phi) is 2.73. The molecule has 1 aliphatic rings. The second-order valence-electron chi connectivity index (χ2n) is 4.41. The standard InChI is InChI=1S/C10H14N6O3/c11-8-7-9(15-10(12)14-8)16(3-13-7)6-1-4(18)5(2-17)19-6/h3-6,17-18H,1-2H2,(H4,11,12,14,15)/t4-,5+,6?/m0/s1. The minimum atomic E-state index is -0.732. The van der Waals surface area contributed by atoms with E-state index in [1.165, 1.54) is 6.33 Å². The number of anilines is 2. The van der Waals surface area contributed by atoms with E-state index in [1.807, 2.05) is 0 Å². The van der Waals surface area contributed by atoms with Gasteiger partial charge in [0.15, 0.2) is 11.5 Å². The molecule has 1 fully saturated rings. The molecule has 0 aromatic carbocycles. The number of aromatic nitrogens is 4. The molecule has 0 spiro atoms. The Morgan fingerprint density at radius 1 is 1.42 bits per heavy atom. The number of nitrogen functional groups attached to an aromatic ring is 2. The highest BCUT2D eigenvalue weighted by Gasteiger charge is 2.35. The summed E-state index contributed by atoms with van der Waals surface area (Å²) >= 11 is 0. The van der Waals surface area contributed by atoms with Crippen LogP contribution in [0, 0.1) is 0 Å². The van der Waals surface area contributed by atoms with E-state index in [0.29, 0.717) is 17.6 Å². The van der Waals surface area contributed by atoms with Gasteiger partial charge in [-0.05, 0) is 0 Å². The van der Waals surface area contributed by atoms with Gasteiger partial charge in [0, 0.05) is 6.42 Å². The molecule has 0 bridgehead atoms. The number of rotatable bonds is 2. The van der Waals surface area contributed by atoms with Crippen LogP contribution in [-0.2, 0) is 4.74 Å². The molecule has 0 aliphatic carbocycles. The Bertz CT molecular complexity index is 615. The fourth-order valence-electron chi connectivity index (χ4n) is 2.22. The number of aliphatic hydroxyl groups is 2. The molecule has 2 aromatic heterocycles. The van der Waals surface area contributed by atoms with Crippen molar-refractivity contribution < 1.29 is 14.9 Å². The maximum absolute atomic E-state index is 9.74. The SMILES string of the molecule is Nc1nc(N)c2ncn(C3C[C@H](O)[C@@H](CO)O3)c2n1. The second kappa shape index (κ2) is 4.30. The van der Waals surface area contributed by atoms with Gasteiger partial charge in [0.1, 0.15) is 17.8 Å². The van der Waals surface area contributed by atoms with Crippen LogP contribution < -0.4 is 11.5 Å². The second-order valence-corrected chi connectivity index (χ2v) is 4.41. The van der Waals surface area contributed by atoms with Gasteiger partial charge in [-0.25, -0.2) is 4.98 Å². The number of imidazole rings is 1. The third kappa shape index (κ3) is 1.87. The van der Waals surface area contributed by atoms with Crippen molar-refractivity contribution in [2.45, 2.75) is 24.9 Å². The third-order valence-corrected chi connectivity index (χ3v) is 3.16. The zero-order chi connectivity index (χ0) is 13.6. The lowest BCUT2D eigenvalue weighted by Crippen LogP contribution is -2.24. The molecule has 2 aromatic rings. The molecule has 1 saturated heterocycles. The number of nitrogens with zero attached hydrogens (tertiary/aromatic N) is 4. The van der Waals surface area contributed by atoms with Crippen molar-refractivity contribution in [3.05, 3.63) is 6.33 Å². The van der Waals surface area contributed by atoms with E-state index in [0.717, 1.165) is 0 Å². The van der Waals surface area contributed by atoms with Crippen LogP contribution >= 0.6 is 0 Å². The third-order valence-electron chi connectivity index (χ3n) is 3.16. The Balaban J connectivity index is 2.02. The van der Waals surface area contributed by atoms with E-state index in [-0.39, 0.29) is 18.4 Å². The van der Waals surface area contributed by atoms with Crippen LogP contribution in [0.3, 0.4) is 0 Å². The molecular weight excluding hydrogens is 252 g/mol. The van der Waals surface area contributed by atoms with Crippen molar-refractivity contribution in [2.24, 2.45) is 0 Å². The lowest BCUT2D eigenvalue weighted by molar-refractivity contribution is -0.0432. The lowest BCUT2D eigenvalue weighted by atomic mass is 10.2. The van der Waals surface area contributed by atoms with E-state index >= 15 is 0 Å². The summed E-state index contributed by atoms with van der Waals surface area (Å²) in [4.78, 5) is 12.0. The molecule has 0 saturated carbocycles. The van der Waals surface area contributed by atoms with Crippen molar-refractivity contribution in [3.8, 4) is 0 Å². The van der Waals surface area contributed by atoms with E-state index in [9.17, 15) is 5.11 Å². The fourth-order valence-corrected chi connectivity index (χ4v) is 2.22. The summed E-state index contributed by atoms with van der Waals surface area (Å²) in [5.41, 5.74) is 12.1. The van der Waals surface area contributed by atoms with Gasteiger partial charge in [-0.15, -0.1) is 0 Å². The summed E-state index contributed by atoms with van der Waals surface area (Å²) in [6, 6.07) is 0. The van der Waals surface area contributed by atoms with Crippen LogP contribution in [-0.4, -0.2) is 48.5 Å². The molecule has 9 nitrogen and oxygen atoms in total. The largest absolute Gasteiger partial charge is 0.394 e. The molecule has 0 amide bonds. The number of nitrogens with two attached hydrogens (primary N) is 2. The van der Waals surface area contributed by atoms with Gasteiger partial charge in [0.25, 0.3) is 0 Å². The summed E-state index contributed by atoms with van der Waals surface area (Å²) in [5, 5.41) is 18.8. The molecular formula is C10H14N6O3. The Morgan fingerprint density at radius 3 is 2.89 bits per heavy atom. The van der Waals surface area contributed by atoms with Crippen LogP contribution in [0.25, 0.3) is 11.2 Å². The first-order chi connectivity index (χ1) is 9.10. The fraction of sp³-hybridized carbons (Fsp3) is 0.500. The molecule has 6 N–H and O–H groups in total. The molecule has 1 unspecified atom stereocenters. The highest BCUT2D eigenvalue weighted by Crippen LogP contribution is 2.31. The summed E-state index contributed by atoms with van der Waals surface area (Å²) in [5.74, 6) is 0.238. The van der Waals surface area contributed by atoms with E-state index in [4.69, 9.17) is 21.3 Å². The molecule has 19 heavy (non-hydrogen) atoms. The highest BCUT2D eigenvalue weighted by molar-refractivity contribution is 5.82. The normalized spacial score (nSPS) is 27.2. The topological polar surface area (TPSA) is 145 Å². The van der Waals surface area contributed by atoms with Crippen molar-refractivity contribution in [1.82, 2.24) is 19.5 Å². The van der Waals surface area contributed by atoms with Crippen molar-refractivity contribution >= 4 is 22.9 Å². The van der Waals surface area contributed by atoms with Gasteiger partial charge < -0.3 is 26.4 Å². The first-order valence-electron chi connectivity index (χ1n) is 5.80. The Labute approximate surface area is 107 Å². The highest BCUT2D eigenvalue weighted by atomic mass is 16.5. The molecule has 0 radical (unpaired) electrons. The monoisotopic (exact) mass is 266 g/mol. The minimum Gasteiger partial charge on any atom is -0.394 e. The van der Waals surface area contributed by atoms with E-state index in [1.54, 1.807) is 4.57 Å².